The Morgan fingerprint density at radius 3 is 2.77 bits per heavy atom. The first kappa shape index (κ1) is 11.0. The molecule has 0 aliphatic carbocycles. The van der Waals surface area contributed by atoms with Gasteiger partial charge in [0.1, 0.15) is 0 Å². The molecule has 3 nitrogen and oxygen atoms in total. The standard InChI is InChI=1S/C10H21NO2/c1-8(2)6-10(3)12-7-9(13-10)4-5-11/h8-9H,4-7,11H2,1-3H3. The van der Waals surface area contributed by atoms with Crippen LogP contribution in [0, 0.1) is 5.92 Å². The molecule has 0 aromatic heterocycles. The molecule has 1 rings (SSSR count). The highest BCUT2D eigenvalue weighted by molar-refractivity contribution is 4.76. The van der Waals surface area contributed by atoms with E-state index < -0.39 is 0 Å². The maximum Gasteiger partial charge on any atom is 0.166 e. The van der Waals surface area contributed by atoms with Crippen LogP contribution >= 0.6 is 0 Å². The molecule has 1 aliphatic rings. The molecule has 2 unspecified atom stereocenters. The predicted molar refractivity (Wildman–Crippen MR) is 52.4 cm³/mol. The summed E-state index contributed by atoms with van der Waals surface area (Å²) >= 11 is 0. The van der Waals surface area contributed by atoms with Gasteiger partial charge in [0.2, 0.25) is 0 Å². The summed E-state index contributed by atoms with van der Waals surface area (Å²) in [6, 6.07) is 0. The lowest BCUT2D eigenvalue weighted by Gasteiger charge is -2.25. The average Bonchev–Trinajstić information content (AvgIpc) is 2.31. The van der Waals surface area contributed by atoms with Gasteiger partial charge in [-0.2, -0.15) is 0 Å². The Labute approximate surface area is 80.6 Å². The van der Waals surface area contributed by atoms with Gasteiger partial charge in [0.15, 0.2) is 5.79 Å². The fourth-order valence-electron chi connectivity index (χ4n) is 1.87. The molecule has 1 saturated heterocycles. The van der Waals surface area contributed by atoms with E-state index in [1.54, 1.807) is 0 Å². The Kier molecular flexibility index (Phi) is 3.71. The van der Waals surface area contributed by atoms with Crippen molar-refractivity contribution in [2.75, 3.05) is 13.2 Å². The van der Waals surface area contributed by atoms with Crippen molar-refractivity contribution in [3.63, 3.8) is 0 Å². The molecule has 1 aliphatic heterocycles. The minimum absolute atomic E-state index is 0.203. The zero-order valence-corrected chi connectivity index (χ0v) is 8.88. The van der Waals surface area contributed by atoms with Crippen LogP contribution in [-0.2, 0) is 9.47 Å². The highest BCUT2D eigenvalue weighted by Gasteiger charge is 2.36. The van der Waals surface area contributed by atoms with Crippen LogP contribution in [0.3, 0.4) is 0 Å². The Bertz CT molecular complexity index is 161. The van der Waals surface area contributed by atoms with Gasteiger partial charge in [0.05, 0.1) is 12.7 Å². The Hall–Kier alpha value is -0.120. The first-order chi connectivity index (χ1) is 6.06. The largest absolute Gasteiger partial charge is 0.348 e. The van der Waals surface area contributed by atoms with E-state index in [1.165, 1.54) is 0 Å². The van der Waals surface area contributed by atoms with E-state index in [0.29, 0.717) is 19.1 Å². The second kappa shape index (κ2) is 4.40. The fraction of sp³-hybridized carbons (Fsp3) is 1.00. The number of ether oxygens (including phenoxy) is 2. The smallest absolute Gasteiger partial charge is 0.166 e. The normalized spacial score (nSPS) is 34.4. The second-order valence-electron chi connectivity index (χ2n) is 4.36. The molecule has 0 saturated carbocycles. The molecule has 0 aromatic carbocycles. The second-order valence-corrected chi connectivity index (χ2v) is 4.36. The molecule has 3 heteroatoms. The van der Waals surface area contributed by atoms with Crippen molar-refractivity contribution in [1.82, 2.24) is 0 Å². The lowest BCUT2D eigenvalue weighted by atomic mass is 10.0. The van der Waals surface area contributed by atoms with E-state index in [4.69, 9.17) is 15.2 Å². The quantitative estimate of drug-likeness (QED) is 0.725. The van der Waals surface area contributed by atoms with Gasteiger partial charge < -0.3 is 15.2 Å². The molecule has 2 atom stereocenters. The van der Waals surface area contributed by atoms with Crippen LogP contribution in [-0.4, -0.2) is 25.0 Å². The van der Waals surface area contributed by atoms with E-state index in [9.17, 15) is 0 Å². The SMILES string of the molecule is CC(C)CC1(C)OCC(CCN)O1. The molecule has 2 N–H and O–H groups in total. The van der Waals surface area contributed by atoms with E-state index in [0.717, 1.165) is 12.8 Å². The fourth-order valence-corrected chi connectivity index (χ4v) is 1.87. The van der Waals surface area contributed by atoms with Crippen LogP contribution in [0.25, 0.3) is 0 Å². The van der Waals surface area contributed by atoms with Crippen molar-refractivity contribution in [2.24, 2.45) is 11.7 Å². The lowest BCUT2D eigenvalue weighted by Crippen LogP contribution is -2.29. The van der Waals surface area contributed by atoms with Crippen LogP contribution in [0.15, 0.2) is 0 Å². The molecule has 0 amide bonds. The minimum atomic E-state index is -0.367. The lowest BCUT2D eigenvalue weighted by molar-refractivity contribution is -0.164. The number of hydrogen-bond acceptors (Lipinski definition) is 3. The summed E-state index contributed by atoms with van der Waals surface area (Å²) < 4.78 is 11.4. The molecule has 0 spiro atoms. The third-order valence-corrected chi connectivity index (χ3v) is 2.26. The monoisotopic (exact) mass is 187 g/mol. The zero-order valence-electron chi connectivity index (χ0n) is 8.88. The van der Waals surface area contributed by atoms with Crippen LogP contribution in [0.5, 0.6) is 0 Å². The molecule has 1 fully saturated rings. The van der Waals surface area contributed by atoms with Gasteiger partial charge in [-0.15, -0.1) is 0 Å². The molecular weight excluding hydrogens is 166 g/mol. The maximum absolute atomic E-state index is 5.80. The zero-order chi connectivity index (χ0) is 9.90. The van der Waals surface area contributed by atoms with Crippen molar-refractivity contribution >= 4 is 0 Å². The highest BCUT2D eigenvalue weighted by Crippen LogP contribution is 2.30. The molecular formula is C10H21NO2. The van der Waals surface area contributed by atoms with Crippen LogP contribution in [0.4, 0.5) is 0 Å². The third-order valence-electron chi connectivity index (χ3n) is 2.26. The summed E-state index contributed by atoms with van der Waals surface area (Å²) in [4.78, 5) is 0. The number of rotatable bonds is 4. The van der Waals surface area contributed by atoms with Gasteiger partial charge >= 0.3 is 0 Å². The minimum Gasteiger partial charge on any atom is -0.348 e. The van der Waals surface area contributed by atoms with E-state index in [2.05, 4.69) is 13.8 Å². The molecule has 0 aromatic rings. The third kappa shape index (κ3) is 3.25. The molecule has 1 heterocycles. The van der Waals surface area contributed by atoms with Crippen molar-refractivity contribution in [3.05, 3.63) is 0 Å². The topological polar surface area (TPSA) is 44.5 Å². The molecule has 78 valence electrons. The van der Waals surface area contributed by atoms with E-state index in [-0.39, 0.29) is 11.9 Å². The van der Waals surface area contributed by atoms with Gasteiger partial charge in [0.25, 0.3) is 0 Å². The first-order valence-corrected chi connectivity index (χ1v) is 5.07. The first-order valence-electron chi connectivity index (χ1n) is 5.07. The Balaban J connectivity index is 2.37. The molecule has 0 bridgehead atoms. The predicted octanol–water partition coefficient (Wildman–Crippen LogP) is 1.51. The van der Waals surface area contributed by atoms with E-state index in [1.807, 2.05) is 6.92 Å². The number of nitrogens with two attached hydrogens (primary N) is 1. The molecule has 13 heavy (non-hydrogen) atoms. The summed E-state index contributed by atoms with van der Waals surface area (Å²) in [6.07, 6.45) is 2.05. The van der Waals surface area contributed by atoms with Gasteiger partial charge in [-0.3, -0.25) is 0 Å². The maximum atomic E-state index is 5.80. The summed E-state index contributed by atoms with van der Waals surface area (Å²) in [5.41, 5.74) is 5.46. The number of hydrogen-bond donors (Lipinski definition) is 1. The van der Waals surface area contributed by atoms with Crippen LogP contribution in [0.2, 0.25) is 0 Å². The summed E-state index contributed by atoms with van der Waals surface area (Å²) in [7, 11) is 0. The summed E-state index contributed by atoms with van der Waals surface area (Å²) in [6.45, 7) is 7.73. The Morgan fingerprint density at radius 1 is 1.54 bits per heavy atom. The van der Waals surface area contributed by atoms with E-state index >= 15 is 0 Å². The van der Waals surface area contributed by atoms with Crippen LogP contribution < -0.4 is 5.73 Å². The average molecular weight is 187 g/mol. The van der Waals surface area contributed by atoms with Crippen molar-refractivity contribution in [2.45, 2.75) is 45.5 Å². The van der Waals surface area contributed by atoms with Crippen molar-refractivity contribution in [3.8, 4) is 0 Å². The van der Waals surface area contributed by atoms with Gasteiger partial charge in [-0.05, 0) is 25.8 Å². The summed E-state index contributed by atoms with van der Waals surface area (Å²) in [5.74, 6) is 0.232. The molecule has 0 radical (unpaired) electrons. The van der Waals surface area contributed by atoms with Crippen molar-refractivity contribution in [1.29, 1.82) is 0 Å². The van der Waals surface area contributed by atoms with Crippen molar-refractivity contribution < 1.29 is 9.47 Å². The highest BCUT2D eigenvalue weighted by atomic mass is 16.7. The summed E-state index contributed by atoms with van der Waals surface area (Å²) in [5, 5.41) is 0. The Morgan fingerprint density at radius 2 is 2.23 bits per heavy atom. The van der Waals surface area contributed by atoms with Gasteiger partial charge in [0, 0.05) is 6.42 Å². The van der Waals surface area contributed by atoms with Crippen LogP contribution in [0.1, 0.15) is 33.6 Å². The van der Waals surface area contributed by atoms with Gasteiger partial charge in [-0.25, -0.2) is 0 Å². The van der Waals surface area contributed by atoms with Gasteiger partial charge in [-0.1, -0.05) is 13.8 Å².